The lowest BCUT2D eigenvalue weighted by Crippen LogP contribution is -2.37. The number of rotatable bonds is 5. The highest BCUT2D eigenvalue weighted by Gasteiger charge is 2.34. The minimum Gasteiger partial charge on any atom is -0.508 e. The van der Waals surface area contributed by atoms with Crippen molar-refractivity contribution >= 4 is 27.5 Å². The van der Waals surface area contributed by atoms with Gasteiger partial charge in [-0.1, -0.05) is 24.3 Å². The maximum absolute atomic E-state index is 16.3. The fourth-order valence-corrected chi connectivity index (χ4v) is 6.07. The standard InChI is InChI=1S/C29H27FN6O2/c1-35-9-8-20(34-35)16-38-29-32-27-24(28(33-29)36-14-17-6-7-18(10-17)15-36)13-31-26(25(27)30)23-12-21(37)11-19-4-2-3-5-22(19)23/h2-5,8-9,11-13,17-18,37H,6-7,10,14-16H2,1H3. The molecule has 4 heterocycles. The number of halogens is 1. The summed E-state index contributed by atoms with van der Waals surface area (Å²) in [5, 5.41) is 16.9. The van der Waals surface area contributed by atoms with E-state index in [0.29, 0.717) is 28.6 Å². The third kappa shape index (κ3) is 3.98. The van der Waals surface area contributed by atoms with Gasteiger partial charge in [-0.15, -0.1) is 0 Å². The van der Waals surface area contributed by atoms with E-state index in [4.69, 9.17) is 9.72 Å². The Labute approximate surface area is 218 Å². The second-order valence-corrected chi connectivity index (χ2v) is 10.4. The average molecular weight is 511 g/mol. The summed E-state index contributed by atoms with van der Waals surface area (Å²) in [4.78, 5) is 16.1. The summed E-state index contributed by atoms with van der Waals surface area (Å²) in [6.07, 6.45) is 7.17. The van der Waals surface area contributed by atoms with Crippen molar-refractivity contribution in [2.24, 2.45) is 18.9 Å². The third-order valence-electron chi connectivity index (χ3n) is 7.77. The predicted octanol–water partition coefficient (Wildman–Crippen LogP) is 5.24. The number of hydrogen-bond acceptors (Lipinski definition) is 7. The first-order valence-electron chi connectivity index (χ1n) is 13.0. The van der Waals surface area contributed by atoms with E-state index in [1.807, 2.05) is 43.6 Å². The highest BCUT2D eigenvalue weighted by Crippen LogP contribution is 2.41. The van der Waals surface area contributed by atoms with Crippen LogP contribution in [0.1, 0.15) is 25.0 Å². The van der Waals surface area contributed by atoms with Crippen LogP contribution in [-0.2, 0) is 13.7 Å². The van der Waals surface area contributed by atoms with Crippen LogP contribution in [0.2, 0.25) is 0 Å². The van der Waals surface area contributed by atoms with Crippen molar-refractivity contribution in [3.63, 3.8) is 0 Å². The van der Waals surface area contributed by atoms with Crippen molar-refractivity contribution in [1.29, 1.82) is 0 Å². The lowest BCUT2D eigenvalue weighted by Gasteiger charge is -2.33. The molecule has 9 heteroatoms. The molecule has 2 fully saturated rings. The second-order valence-electron chi connectivity index (χ2n) is 10.4. The molecule has 0 radical (unpaired) electrons. The van der Waals surface area contributed by atoms with Gasteiger partial charge in [0.1, 0.15) is 29.4 Å². The predicted molar refractivity (Wildman–Crippen MR) is 142 cm³/mol. The normalized spacial score (nSPS) is 18.9. The minimum atomic E-state index is -0.565. The Hall–Kier alpha value is -4.27. The van der Waals surface area contributed by atoms with Gasteiger partial charge in [0.25, 0.3) is 0 Å². The number of anilines is 1. The molecule has 7 rings (SSSR count). The van der Waals surface area contributed by atoms with Crippen molar-refractivity contribution in [1.82, 2.24) is 24.7 Å². The van der Waals surface area contributed by atoms with Gasteiger partial charge >= 0.3 is 6.01 Å². The number of aromatic nitrogens is 5. The fourth-order valence-electron chi connectivity index (χ4n) is 6.07. The minimum absolute atomic E-state index is 0.0477. The summed E-state index contributed by atoms with van der Waals surface area (Å²) in [5.41, 5.74) is 1.52. The summed E-state index contributed by atoms with van der Waals surface area (Å²) < 4.78 is 24.0. The zero-order chi connectivity index (χ0) is 25.8. The molecule has 1 aliphatic carbocycles. The number of fused-ring (bicyclic) bond motifs is 4. The molecule has 5 aromatic rings. The van der Waals surface area contributed by atoms with Crippen molar-refractivity contribution in [2.75, 3.05) is 18.0 Å². The molecule has 38 heavy (non-hydrogen) atoms. The Morgan fingerprint density at radius 3 is 2.66 bits per heavy atom. The first-order valence-corrected chi connectivity index (χ1v) is 13.0. The lowest BCUT2D eigenvalue weighted by atomic mass is 9.98. The molecule has 8 nitrogen and oxygen atoms in total. The Morgan fingerprint density at radius 1 is 1.05 bits per heavy atom. The van der Waals surface area contributed by atoms with E-state index < -0.39 is 5.82 Å². The van der Waals surface area contributed by atoms with Crippen LogP contribution in [-0.4, -0.2) is 42.9 Å². The summed E-state index contributed by atoms with van der Waals surface area (Å²) in [6.45, 7) is 1.93. The molecule has 1 N–H and O–H groups in total. The molecule has 2 bridgehead atoms. The fraction of sp³-hybridized carbons (Fsp3) is 0.310. The number of phenolic OH excluding ortho intramolecular Hbond substituents is 1. The number of pyridine rings is 1. The Balaban J connectivity index is 1.37. The van der Waals surface area contributed by atoms with Gasteiger partial charge in [-0.05, 0) is 60.1 Å². The Kier molecular flexibility index (Phi) is 5.38. The van der Waals surface area contributed by atoms with E-state index in [1.165, 1.54) is 19.3 Å². The van der Waals surface area contributed by atoms with Crippen molar-refractivity contribution in [3.05, 3.63) is 66.4 Å². The average Bonchev–Trinajstić information content (AvgIpc) is 3.50. The molecule has 2 aromatic carbocycles. The van der Waals surface area contributed by atoms with E-state index in [-0.39, 0.29) is 29.6 Å². The van der Waals surface area contributed by atoms with Gasteiger partial charge in [-0.2, -0.15) is 15.1 Å². The van der Waals surface area contributed by atoms with Gasteiger partial charge in [0, 0.05) is 38.1 Å². The molecular weight excluding hydrogens is 483 g/mol. The number of phenols is 1. The van der Waals surface area contributed by atoms with Crippen LogP contribution < -0.4 is 9.64 Å². The van der Waals surface area contributed by atoms with E-state index >= 15 is 4.39 Å². The zero-order valence-corrected chi connectivity index (χ0v) is 21.0. The summed E-state index contributed by atoms with van der Waals surface area (Å²) in [6, 6.07) is 12.7. The molecule has 0 spiro atoms. The monoisotopic (exact) mass is 510 g/mol. The number of ether oxygens (including phenoxy) is 1. The molecule has 2 unspecified atom stereocenters. The van der Waals surface area contributed by atoms with E-state index in [2.05, 4.69) is 20.0 Å². The van der Waals surface area contributed by atoms with Gasteiger partial charge in [-0.25, -0.2) is 4.39 Å². The van der Waals surface area contributed by atoms with Crippen LogP contribution in [0, 0.1) is 17.7 Å². The topological polar surface area (TPSA) is 89.2 Å². The van der Waals surface area contributed by atoms with Gasteiger partial charge in [-0.3, -0.25) is 9.67 Å². The zero-order valence-electron chi connectivity index (χ0n) is 21.0. The largest absolute Gasteiger partial charge is 0.508 e. The first-order chi connectivity index (χ1) is 18.5. The lowest BCUT2D eigenvalue weighted by molar-refractivity contribution is 0.276. The number of aryl methyl sites for hydroxylation is 1. The number of benzene rings is 2. The van der Waals surface area contributed by atoms with Crippen LogP contribution in [0.4, 0.5) is 10.2 Å². The van der Waals surface area contributed by atoms with Crippen molar-refractivity contribution in [3.8, 4) is 23.0 Å². The van der Waals surface area contributed by atoms with E-state index in [1.54, 1.807) is 23.0 Å². The molecule has 192 valence electrons. The molecule has 0 amide bonds. The molecular formula is C29H27FN6O2. The molecule has 1 saturated carbocycles. The number of hydrogen-bond donors (Lipinski definition) is 1. The molecule has 1 saturated heterocycles. The van der Waals surface area contributed by atoms with Gasteiger partial charge < -0.3 is 14.7 Å². The highest BCUT2D eigenvalue weighted by molar-refractivity contribution is 5.99. The van der Waals surface area contributed by atoms with Crippen LogP contribution in [0.3, 0.4) is 0 Å². The van der Waals surface area contributed by atoms with Gasteiger partial charge in [0.15, 0.2) is 5.82 Å². The Morgan fingerprint density at radius 2 is 1.87 bits per heavy atom. The van der Waals surface area contributed by atoms with Gasteiger partial charge in [0.05, 0.1) is 11.1 Å². The summed E-state index contributed by atoms with van der Waals surface area (Å²) in [7, 11) is 1.84. The number of aromatic hydroxyl groups is 1. The van der Waals surface area contributed by atoms with Crippen LogP contribution in [0.5, 0.6) is 11.8 Å². The third-order valence-corrected chi connectivity index (χ3v) is 7.77. The molecule has 1 aliphatic heterocycles. The van der Waals surface area contributed by atoms with Crippen molar-refractivity contribution < 1.29 is 14.2 Å². The van der Waals surface area contributed by atoms with E-state index in [9.17, 15) is 5.11 Å². The van der Waals surface area contributed by atoms with Crippen molar-refractivity contribution in [2.45, 2.75) is 25.9 Å². The summed E-state index contributed by atoms with van der Waals surface area (Å²) >= 11 is 0. The first kappa shape index (κ1) is 22.9. The Bertz CT molecular complexity index is 1670. The molecule has 2 aliphatic rings. The quantitative estimate of drug-likeness (QED) is 0.346. The van der Waals surface area contributed by atoms with Crippen LogP contribution >= 0.6 is 0 Å². The van der Waals surface area contributed by atoms with Crippen LogP contribution in [0.25, 0.3) is 32.9 Å². The second kappa shape index (κ2) is 8.93. The maximum Gasteiger partial charge on any atom is 0.319 e. The van der Waals surface area contributed by atoms with Gasteiger partial charge in [0.2, 0.25) is 0 Å². The molecule has 2 atom stereocenters. The van der Waals surface area contributed by atoms with E-state index in [0.717, 1.165) is 29.6 Å². The smallest absolute Gasteiger partial charge is 0.319 e. The summed E-state index contributed by atoms with van der Waals surface area (Å²) in [5.74, 6) is 1.37. The highest BCUT2D eigenvalue weighted by atomic mass is 19.1. The van der Waals surface area contributed by atoms with Crippen LogP contribution in [0.15, 0.2) is 54.9 Å². The number of piperidine rings is 1. The number of nitrogens with zero attached hydrogens (tertiary/aromatic N) is 6. The molecule has 3 aromatic heterocycles. The maximum atomic E-state index is 16.3. The SMILES string of the molecule is Cn1ccc(COc2nc(N3CC4CCC(C4)C3)c3cnc(-c4cc(O)cc5ccccc45)c(F)c3n2)n1.